The van der Waals surface area contributed by atoms with Gasteiger partial charge < -0.3 is 4.74 Å². The van der Waals surface area contributed by atoms with E-state index >= 15 is 0 Å². The number of carbonyl (C=O) groups excluding carboxylic acids is 1. The van der Waals surface area contributed by atoms with Gasteiger partial charge in [-0.15, -0.1) is 0 Å². The molecular formula is C35H42Cl2GeN4O4. The number of nitrogens with zero attached hydrogens (tertiary/aromatic N) is 3. The number of amides is 1. The van der Waals surface area contributed by atoms with E-state index in [0.717, 1.165) is 34.2 Å². The SMILES string of the molecule is CCOCCOc1ccc(C[CH2][Ge]([CH3])([CH3])[c]2ccc(-c3c(C)c(C(=O)NN4CCOCC4)nn3-c3ccc(Cl)cc3Cl)cc2)cc1. The second-order valence-corrected chi connectivity index (χ2v) is 23.0. The molecule has 8 nitrogen and oxygen atoms in total. The number of aromatic nitrogens is 2. The van der Waals surface area contributed by atoms with Crippen LogP contribution in [0.5, 0.6) is 5.75 Å². The van der Waals surface area contributed by atoms with Gasteiger partial charge in [-0.2, -0.15) is 0 Å². The molecule has 1 N–H and O–H groups in total. The van der Waals surface area contributed by atoms with Crippen LogP contribution in [-0.2, 0) is 15.9 Å². The van der Waals surface area contributed by atoms with Crippen LogP contribution in [0.3, 0.4) is 0 Å². The molecule has 1 aliphatic heterocycles. The van der Waals surface area contributed by atoms with Gasteiger partial charge in [0.25, 0.3) is 0 Å². The third kappa shape index (κ3) is 8.53. The predicted octanol–water partition coefficient (Wildman–Crippen LogP) is 6.70. The van der Waals surface area contributed by atoms with Gasteiger partial charge in [0.15, 0.2) is 0 Å². The van der Waals surface area contributed by atoms with Crippen LogP contribution in [0.1, 0.15) is 28.5 Å². The number of nitrogens with one attached hydrogen (secondary N) is 1. The van der Waals surface area contributed by atoms with Crippen LogP contribution in [-0.4, -0.2) is 80.1 Å². The molecule has 5 rings (SSSR count). The van der Waals surface area contributed by atoms with Crippen molar-refractivity contribution < 1.29 is 19.0 Å². The predicted molar refractivity (Wildman–Crippen MR) is 188 cm³/mol. The van der Waals surface area contributed by atoms with Crippen molar-refractivity contribution in [3.05, 3.63) is 93.6 Å². The molecule has 0 aliphatic carbocycles. The molecule has 0 atom stereocenters. The third-order valence-corrected chi connectivity index (χ3v) is 16.0. The monoisotopic (exact) mass is 726 g/mol. The molecule has 0 spiro atoms. The molecule has 11 heteroatoms. The zero-order chi connectivity index (χ0) is 32.7. The van der Waals surface area contributed by atoms with Crippen LogP contribution < -0.4 is 14.6 Å². The minimum atomic E-state index is -2.35. The molecular weight excluding hydrogens is 684 g/mol. The summed E-state index contributed by atoms with van der Waals surface area (Å²) in [5.74, 6) is 5.52. The van der Waals surface area contributed by atoms with E-state index < -0.39 is 13.3 Å². The first kappa shape index (κ1) is 34.5. The van der Waals surface area contributed by atoms with Gasteiger partial charge in [-0.3, -0.25) is 0 Å². The van der Waals surface area contributed by atoms with Crippen LogP contribution in [0.2, 0.25) is 26.8 Å². The first-order valence-electron chi connectivity index (χ1n) is 15.8. The van der Waals surface area contributed by atoms with E-state index in [-0.39, 0.29) is 5.91 Å². The zero-order valence-corrected chi connectivity index (χ0v) is 30.6. The van der Waals surface area contributed by atoms with Crippen molar-refractivity contribution in [3.63, 3.8) is 0 Å². The Labute approximate surface area is 284 Å². The number of hydrogen-bond donors (Lipinski definition) is 1. The van der Waals surface area contributed by atoms with Crippen molar-refractivity contribution in [1.29, 1.82) is 0 Å². The Morgan fingerprint density at radius 1 is 1.00 bits per heavy atom. The molecule has 2 heterocycles. The van der Waals surface area contributed by atoms with Crippen LogP contribution >= 0.6 is 23.2 Å². The van der Waals surface area contributed by atoms with Gasteiger partial charge >= 0.3 is 281 Å². The number of carbonyl (C=O) groups is 1. The molecule has 3 aromatic carbocycles. The topological polar surface area (TPSA) is 77.8 Å². The summed E-state index contributed by atoms with van der Waals surface area (Å²) in [6.07, 6.45) is 1.02. The van der Waals surface area contributed by atoms with Crippen LogP contribution in [0.15, 0.2) is 66.7 Å². The number of halogens is 2. The first-order chi connectivity index (χ1) is 22.2. The molecule has 0 saturated carbocycles. The molecule has 1 aromatic heterocycles. The van der Waals surface area contributed by atoms with Crippen molar-refractivity contribution >= 4 is 46.8 Å². The molecule has 0 unspecified atom stereocenters. The number of hydrazine groups is 1. The fourth-order valence-electron chi connectivity index (χ4n) is 5.55. The molecule has 1 aliphatic rings. The fourth-order valence-corrected chi connectivity index (χ4v) is 10.8. The molecule has 0 bridgehead atoms. The molecule has 4 aromatic rings. The van der Waals surface area contributed by atoms with E-state index in [2.05, 4.69) is 53.3 Å². The van der Waals surface area contributed by atoms with Gasteiger partial charge in [0.1, 0.15) is 0 Å². The quantitative estimate of drug-likeness (QED) is 0.122. The number of benzene rings is 3. The average Bonchev–Trinajstić information content (AvgIpc) is 3.40. The molecule has 1 amide bonds. The van der Waals surface area contributed by atoms with Crippen molar-refractivity contribution in [2.75, 3.05) is 46.1 Å². The summed E-state index contributed by atoms with van der Waals surface area (Å²) in [5.41, 5.74) is 7.86. The Kier molecular flexibility index (Phi) is 11.9. The average molecular weight is 726 g/mol. The first-order valence-corrected chi connectivity index (χ1v) is 23.2. The summed E-state index contributed by atoms with van der Waals surface area (Å²) in [6.45, 7) is 8.16. The van der Waals surface area contributed by atoms with Gasteiger partial charge in [-0.1, -0.05) is 0 Å². The Balaban J connectivity index is 1.35. The fraction of sp³-hybridized carbons (Fsp3) is 0.371. The molecule has 1 fully saturated rings. The number of aryl methyl sites for hydroxylation is 1. The van der Waals surface area contributed by atoms with Gasteiger partial charge in [0.05, 0.1) is 0 Å². The third-order valence-electron chi connectivity index (χ3n) is 8.35. The molecule has 1 saturated heterocycles. The Hall–Kier alpha value is -2.86. The number of hydrogen-bond acceptors (Lipinski definition) is 6. The van der Waals surface area contributed by atoms with Crippen LogP contribution in [0, 0.1) is 6.92 Å². The molecule has 244 valence electrons. The summed E-state index contributed by atoms with van der Waals surface area (Å²) in [6, 6.07) is 22.5. The summed E-state index contributed by atoms with van der Waals surface area (Å²) in [5, 5.41) is 8.81. The second kappa shape index (κ2) is 15.8. The summed E-state index contributed by atoms with van der Waals surface area (Å²) >= 11 is 10.5. The maximum atomic E-state index is 13.4. The number of ether oxygens (including phenoxy) is 3. The molecule has 0 radical (unpaired) electrons. The normalized spacial score (nSPS) is 14.0. The maximum absolute atomic E-state index is 13.4. The Morgan fingerprint density at radius 2 is 1.72 bits per heavy atom. The number of rotatable bonds is 13. The van der Waals surface area contributed by atoms with Crippen LogP contribution in [0.25, 0.3) is 16.9 Å². The Bertz CT molecular complexity index is 1620. The van der Waals surface area contributed by atoms with Crippen molar-refractivity contribution in [2.24, 2.45) is 0 Å². The van der Waals surface area contributed by atoms with Crippen molar-refractivity contribution in [2.45, 2.75) is 37.0 Å². The van der Waals surface area contributed by atoms with Gasteiger partial charge in [-0.05, 0) is 0 Å². The summed E-state index contributed by atoms with van der Waals surface area (Å²) in [7, 11) is 0. The van der Waals surface area contributed by atoms with Crippen LogP contribution in [0.4, 0.5) is 0 Å². The van der Waals surface area contributed by atoms with Crippen molar-refractivity contribution in [3.8, 4) is 22.7 Å². The van der Waals surface area contributed by atoms with E-state index in [1.165, 1.54) is 9.96 Å². The van der Waals surface area contributed by atoms with Gasteiger partial charge in [-0.25, -0.2) is 0 Å². The van der Waals surface area contributed by atoms with E-state index in [1.54, 1.807) is 16.8 Å². The standard InChI is InChI=1S/C35H42Cl2GeN4O4/c1-5-44-22-23-46-30-13-6-26(7-14-30)16-17-38(3,4)29-11-8-27(9-12-29)34-25(2)33(35(43)40-41-18-20-45-21-19-41)39-42(34)32-15-10-28(36)24-31(32)37/h6-15,24H,5,16-23H2,1-4H3,(H,40,43). The van der Waals surface area contributed by atoms with E-state index in [4.69, 9.17) is 42.5 Å². The van der Waals surface area contributed by atoms with E-state index in [9.17, 15) is 4.79 Å². The van der Waals surface area contributed by atoms with E-state index in [1.807, 2.05) is 37.1 Å². The second-order valence-electron chi connectivity index (χ2n) is 12.0. The van der Waals surface area contributed by atoms with Crippen molar-refractivity contribution in [1.82, 2.24) is 20.2 Å². The summed E-state index contributed by atoms with van der Waals surface area (Å²) < 4.78 is 19.7. The summed E-state index contributed by atoms with van der Waals surface area (Å²) in [4.78, 5) is 13.4. The molecule has 46 heavy (non-hydrogen) atoms. The van der Waals surface area contributed by atoms with E-state index in [0.29, 0.717) is 67.6 Å². The Morgan fingerprint density at radius 3 is 2.39 bits per heavy atom. The van der Waals surface area contributed by atoms with Gasteiger partial charge in [0, 0.05) is 0 Å². The minimum absolute atomic E-state index is 0.262. The number of morpholine rings is 1. The zero-order valence-electron chi connectivity index (χ0n) is 26.9. The van der Waals surface area contributed by atoms with Gasteiger partial charge in [0.2, 0.25) is 0 Å².